The molecular weight excluding hydrogens is 224 g/mol. The van der Waals surface area contributed by atoms with Gasteiger partial charge >= 0.3 is 0 Å². The summed E-state index contributed by atoms with van der Waals surface area (Å²) in [5.74, 6) is 0. The molecule has 0 amide bonds. The lowest BCUT2D eigenvalue weighted by Gasteiger charge is -2.29. The molecule has 3 heteroatoms. The van der Waals surface area contributed by atoms with Crippen molar-refractivity contribution in [2.24, 2.45) is 5.41 Å². The molecule has 100 valence electrons. The number of rotatable bonds is 5. The number of nitrogens with zero attached hydrogens (tertiary/aromatic N) is 1. The highest BCUT2D eigenvalue weighted by Crippen LogP contribution is 2.29. The lowest BCUT2D eigenvalue weighted by Crippen LogP contribution is -2.31. The van der Waals surface area contributed by atoms with E-state index in [0.717, 1.165) is 38.3 Å². The van der Waals surface area contributed by atoms with Crippen LogP contribution in [0.3, 0.4) is 0 Å². The second kappa shape index (κ2) is 5.29. The Morgan fingerprint density at radius 1 is 1.28 bits per heavy atom. The number of benzene rings is 1. The predicted molar refractivity (Wildman–Crippen MR) is 75.2 cm³/mol. The molecule has 0 spiro atoms. The molecule has 1 aromatic carbocycles. The van der Waals surface area contributed by atoms with Gasteiger partial charge in [0.15, 0.2) is 0 Å². The molecule has 0 atom stereocenters. The molecule has 1 aromatic rings. The number of hydrogen-bond acceptors (Lipinski definition) is 3. The smallest absolute Gasteiger partial charge is 0.0467 e. The van der Waals surface area contributed by atoms with Gasteiger partial charge in [0.05, 0.1) is 0 Å². The first kappa shape index (κ1) is 13.4. The lowest BCUT2D eigenvalue weighted by atomic mass is 9.89. The van der Waals surface area contributed by atoms with E-state index in [4.69, 9.17) is 10.5 Å². The van der Waals surface area contributed by atoms with Crippen molar-refractivity contribution in [3.63, 3.8) is 0 Å². The molecule has 1 heterocycles. The van der Waals surface area contributed by atoms with Gasteiger partial charge in [-0.2, -0.15) is 0 Å². The van der Waals surface area contributed by atoms with Gasteiger partial charge in [0.1, 0.15) is 0 Å². The van der Waals surface area contributed by atoms with Crippen molar-refractivity contribution < 1.29 is 4.74 Å². The molecule has 18 heavy (non-hydrogen) atoms. The van der Waals surface area contributed by atoms with E-state index in [1.807, 2.05) is 6.07 Å². The minimum Gasteiger partial charge on any atom is -0.399 e. The van der Waals surface area contributed by atoms with Gasteiger partial charge in [0.25, 0.3) is 0 Å². The maximum atomic E-state index is 5.83. The molecule has 0 aliphatic carbocycles. The highest BCUT2D eigenvalue weighted by Gasteiger charge is 2.26. The first-order valence-corrected chi connectivity index (χ1v) is 6.59. The number of methoxy groups -OCH3 is 1. The van der Waals surface area contributed by atoms with Crippen LogP contribution in [0.25, 0.3) is 0 Å². The van der Waals surface area contributed by atoms with Crippen molar-refractivity contribution in [3.8, 4) is 0 Å². The predicted octanol–water partition coefficient (Wildman–Crippen LogP) is 2.65. The van der Waals surface area contributed by atoms with Crippen molar-refractivity contribution in [2.45, 2.75) is 33.4 Å². The molecule has 0 saturated heterocycles. The molecule has 2 N–H and O–H groups in total. The van der Waals surface area contributed by atoms with Crippen molar-refractivity contribution in [1.82, 2.24) is 4.90 Å². The molecule has 0 radical (unpaired) electrons. The quantitative estimate of drug-likeness (QED) is 0.814. The van der Waals surface area contributed by atoms with Gasteiger partial charge in [-0.3, -0.25) is 4.90 Å². The van der Waals surface area contributed by atoms with Crippen LogP contribution in [-0.2, 0) is 17.8 Å². The van der Waals surface area contributed by atoms with Crippen molar-refractivity contribution >= 4 is 5.69 Å². The highest BCUT2D eigenvalue weighted by molar-refractivity contribution is 5.46. The van der Waals surface area contributed by atoms with Crippen LogP contribution in [0.15, 0.2) is 18.2 Å². The second-order valence-electron chi connectivity index (χ2n) is 6.08. The van der Waals surface area contributed by atoms with Crippen LogP contribution in [0.4, 0.5) is 5.69 Å². The van der Waals surface area contributed by atoms with E-state index in [-0.39, 0.29) is 0 Å². The average Bonchev–Trinajstić information content (AvgIpc) is 2.66. The highest BCUT2D eigenvalue weighted by atomic mass is 16.5. The summed E-state index contributed by atoms with van der Waals surface area (Å²) in [6.45, 7) is 8.63. The number of nitrogen functional groups attached to an aromatic ring is 1. The Morgan fingerprint density at radius 3 is 2.72 bits per heavy atom. The molecule has 2 rings (SSSR count). The molecule has 1 aliphatic rings. The Bertz CT molecular complexity index is 415. The van der Waals surface area contributed by atoms with Crippen molar-refractivity contribution in [2.75, 3.05) is 26.0 Å². The van der Waals surface area contributed by atoms with Crippen LogP contribution in [-0.4, -0.2) is 25.2 Å². The number of fused-ring (bicyclic) bond motifs is 1. The molecule has 3 nitrogen and oxygen atoms in total. The Morgan fingerprint density at radius 2 is 2.00 bits per heavy atom. The van der Waals surface area contributed by atoms with E-state index >= 15 is 0 Å². The molecule has 1 aliphatic heterocycles. The second-order valence-corrected chi connectivity index (χ2v) is 6.08. The summed E-state index contributed by atoms with van der Waals surface area (Å²) in [6.07, 6.45) is 1.10. The molecule has 0 bridgehead atoms. The summed E-state index contributed by atoms with van der Waals surface area (Å²) in [5, 5.41) is 0. The number of hydrogen-bond donors (Lipinski definition) is 1. The van der Waals surface area contributed by atoms with E-state index in [9.17, 15) is 0 Å². The zero-order valence-electron chi connectivity index (χ0n) is 11.7. The fraction of sp³-hybridized carbons (Fsp3) is 0.600. The average molecular weight is 248 g/mol. The third kappa shape index (κ3) is 3.24. The van der Waals surface area contributed by atoms with E-state index in [0.29, 0.717) is 5.41 Å². The Hall–Kier alpha value is -1.06. The molecule has 0 fully saturated rings. The molecule has 0 saturated carbocycles. The van der Waals surface area contributed by atoms with Gasteiger partial charge in [-0.1, -0.05) is 19.9 Å². The number of nitrogens with two attached hydrogens (primary N) is 1. The van der Waals surface area contributed by atoms with Gasteiger partial charge in [-0.05, 0) is 35.1 Å². The lowest BCUT2D eigenvalue weighted by molar-refractivity contribution is 0.115. The molecular formula is C15H24N2O. The first-order chi connectivity index (χ1) is 8.50. The topological polar surface area (TPSA) is 38.5 Å². The molecule has 0 unspecified atom stereocenters. The van der Waals surface area contributed by atoms with E-state index < -0.39 is 0 Å². The fourth-order valence-electron chi connectivity index (χ4n) is 2.66. The van der Waals surface area contributed by atoms with Crippen LogP contribution in [0.2, 0.25) is 0 Å². The van der Waals surface area contributed by atoms with E-state index in [1.165, 1.54) is 11.1 Å². The van der Waals surface area contributed by atoms with Crippen LogP contribution in [0.5, 0.6) is 0 Å². The first-order valence-electron chi connectivity index (χ1n) is 6.59. The third-order valence-corrected chi connectivity index (χ3v) is 3.65. The summed E-state index contributed by atoms with van der Waals surface area (Å²) in [7, 11) is 1.77. The zero-order valence-corrected chi connectivity index (χ0v) is 11.7. The Kier molecular flexibility index (Phi) is 3.93. The fourth-order valence-corrected chi connectivity index (χ4v) is 2.66. The SMILES string of the molecule is COCCC(C)(C)CN1Cc2ccc(N)cc2C1. The van der Waals surface area contributed by atoms with Gasteiger partial charge < -0.3 is 10.5 Å². The van der Waals surface area contributed by atoms with Crippen LogP contribution < -0.4 is 5.73 Å². The van der Waals surface area contributed by atoms with Crippen LogP contribution in [0, 0.1) is 5.41 Å². The Balaban J connectivity index is 1.95. The summed E-state index contributed by atoms with van der Waals surface area (Å²) in [6, 6.07) is 6.27. The third-order valence-electron chi connectivity index (χ3n) is 3.65. The number of anilines is 1. The van der Waals surface area contributed by atoms with Crippen molar-refractivity contribution in [3.05, 3.63) is 29.3 Å². The van der Waals surface area contributed by atoms with E-state index in [1.54, 1.807) is 7.11 Å². The van der Waals surface area contributed by atoms with E-state index in [2.05, 4.69) is 30.9 Å². The summed E-state index contributed by atoms with van der Waals surface area (Å²) in [5.41, 5.74) is 9.81. The van der Waals surface area contributed by atoms with Gasteiger partial charge in [0, 0.05) is 39.0 Å². The van der Waals surface area contributed by atoms with Crippen LogP contribution in [0.1, 0.15) is 31.4 Å². The molecule has 0 aromatic heterocycles. The monoisotopic (exact) mass is 248 g/mol. The largest absolute Gasteiger partial charge is 0.399 e. The summed E-state index contributed by atoms with van der Waals surface area (Å²) >= 11 is 0. The zero-order chi connectivity index (χ0) is 13.2. The van der Waals surface area contributed by atoms with Crippen LogP contribution >= 0.6 is 0 Å². The Labute approximate surface area is 110 Å². The minimum absolute atomic E-state index is 0.295. The normalized spacial score (nSPS) is 15.9. The van der Waals surface area contributed by atoms with Gasteiger partial charge in [0.2, 0.25) is 0 Å². The maximum absolute atomic E-state index is 5.83. The van der Waals surface area contributed by atoms with Gasteiger partial charge in [-0.25, -0.2) is 0 Å². The standard InChI is InChI=1S/C15H24N2O/c1-15(2,6-7-18-3)11-17-9-12-4-5-14(16)8-13(12)10-17/h4-5,8H,6-7,9-11,16H2,1-3H3. The van der Waals surface area contributed by atoms with Crippen molar-refractivity contribution in [1.29, 1.82) is 0 Å². The summed E-state index contributed by atoms with van der Waals surface area (Å²) < 4.78 is 5.18. The van der Waals surface area contributed by atoms with Gasteiger partial charge in [-0.15, -0.1) is 0 Å². The maximum Gasteiger partial charge on any atom is 0.0467 e. The minimum atomic E-state index is 0.295. The number of ether oxygens (including phenoxy) is 1. The summed E-state index contributed by atoms with van der Waals surface area (Å²) in [4.78, 5) is 2.50.